The minimum atomic E-state index is -0.100. The van der Waals surface area contributed by atoms with Crippen LogP contribution in [-0.4, -0.2) is 42.7 Å². The Morgan fingerprint density at radius 3 is 2.11 bits per heavy atom. The van der Waals surface area contributed by atoms with Crippen molar-refractivity contribution in [2.45, 2.75) is 80.2 Å². The maximum Gasteiger partial charge on any atom is 0.186 e. The summed E-state index contributed by atoms with van der Waals surface area (Å²) in [6.07, 6.45) is 2.44. The third-order valence-electron chi connectivity index (χ3n) is 9.79. The van der Waals surface area contributed by atoms with Gasteiger partial charge in [-0.1, -0.05) is 23.7 Å². The van der Waals surface area contributed by atoms with E-state index < -0.39 is 0 Å². The number of carbonyl (C=O) groups is 4. The molecular weight excluding hydrogens is 612 g/mol. The van der Waals surface area contributed by atoms with Crippen molar-refractivity contribution in [1.82, 2.24) is 19.5 Å². The molecule has 0 atom stereocenters. The summed E-state index contributed by atoms with van der Waals surface area (Å²) in [7, 11) is 0. The molecule has 0 saturated heterocycles. The van der Waals surface area contributed by atoms with Crippen molar-refractivity contribution in [3.05, 3.63) is 103 Å². The quantitative estimate of drug-likeness (QED) is 0.189. The van der Waals surface area contributed by atoms with Gasteiger partial charge in [0.25, 0.3) is 0 Å². The van der Waals surface area contributed by atoms with E-state index in [9.17, 15) is 19.2 Å². The molecule has 2 heterocycles. The standard InChI is InChI=1S/C38H37ClN4O4/c1-19-20(2)37(46)28(22(4)35(19)44)15-16-43-24(6)40-34-25(9-7-11-32(34)43)17-29-23(5)36(45)21(3)27(38(29)47)10-8-12-33-41-30-14-13-26(39)18-31(30)42-33/h7,9,11,13-14,18H,8,10,12,15-17H2,1-6H3,(H,41,42). The van der Waals surface area contributed by atoms with Crippen molar-refractivity contribution >= 4 is 56.8 Å². The molecule has 0 aliphatic heterocycles. The van der Waals surface area contributed by atoms with Crippen LogP contribution in [0.3, 0.4) is 0 Å². The molecule has 47 heavy (non-hydrogen) atoms. The molecule has 4 aromatic rings. The first kappa shape index (κ1) is 32.3. The Balaban J connectivity index is 1.21. The monoisotopic (exact) mass is 648 g/mol. The van der Waals surface area contributed by atoms with Crippen LogP contribution in [-0.2, 0) is 38.6 Å². The van der Waals surface area contributed by atoms with Gasteiger partial charge in [-0.3, -0.25) is 19.2 Å². The van der Waals surface area contributed by atoms with E-state index in [4.69, 9.17) is 16.6 Å². The number of hydrogen-bond donors (Lipinski definition) is 1. The molecule has 0 radical (unpaired) electrons. The largest absolute Gasteiger partial charge is 0.342 e. The molecule has 0 saturated carbocycles. The number of para-hydroxylation sites is 1. The molecule has 9 heteroatoms. The van der Waals surface area contributed by atoms with Crippen molar-refractivity contribution < 1.29 is 19.2 Å². The summed E-state index contributed by atoms with van der Waals surface area (Å²) in [5, 5.41) is 0.635. The Hall–Kier alpha value is -4.69. The SMILES string of the molecule is CC1=C(C)C(=O)C(CCn2c(C)nc3c(CC4=C(C)C(=O)C(C)=C(CCCc5nc6ccc(Cl)cc6[nH]5)C4=O)cccc32)=C(C)C1=O. The number of allylic oxidation sites excluding steroid dienone is 8. The molecule has 0 amide bonds. The molecule has 0 bridgehead atoms. The Labute approximate surface area is 278 Å². The predicted octanol–water partition coefficient (Wildman–Crippen LogP) is 7.42. The smallest absolute Gasteiger partial charge is 0.186 e. The number of fused-ring (bicyclic) bond motifs is 2. The second-order valence-corrected chi connectivity index (χ2v) is 13.0. The molecule has 240 valence electrons. The lowest BCUT2D eigenvalue weighted by molar-refractivity contribution is -0.116. The summed E-state index contributed by atoms with van der Waals surface area (Å²) < 4.78 is 2.05. The predicted molar refractivity (Wildman–Crippen MR) is 183 cm³/mol. The zero-order valence-corrected chi connectivity index (χ0v) is 28.3. The number of hydrogen-bond acceptors (Lipinski definition) is 6. The number of halogens is 1. The van der Waals surface area contributed by atoms with Gasteiger partial charge in [-0.2, -0.15) is 0 Å². The van der Waals surface area contributed by atoms with E-state index in [-0.39, 0.29) is 29.6 Å². The topological polar surface area (TPSA) is 115 Å². The van der Waals surface area contributed by atoms with Crippen LogP contribution in [0.25, 0.3) is 22.1 Å². The molecule has 1 N–H and O–H groups in total. The fraction of sp³-hybridized carbons (Fsp3) is 0.316. The van der Waals surface area contributed by atoms with Gasteiger partial charge in [-0.25, -0.2) is 9.97 Å². The Morgan fingerprint density at radius 1 is 0.702 bits per heavy atom. The fourth-order valence-electron chi connectivity index (χ4n) is 6.79. The zero-order valence-electron chi connectivity index (χ0n) is 27.6. The van der Waals surface area contributed by atoms with E-state index in [1.54, 1.807) is 40.7 Å². The van der Waals surface area contributed by atoms with Gasteiger partial charge in [-0.15, -0.1) is 0 Å². The Morgan fingerprint density at radius 2 is 1.36 bits per heavy atom. The minimum Gasteiger partial charge on any atom is -0.342 e. The van der Waals surface area contributed by atoms with E-state index in [0.29, 0.717) is 81.8 Å². The summed E-state index contributed by atoms with van der Waals surface area (Å²) in [4.78, 5) is 65.8. The molecule has 0 spiro atoms. The van der Waals surface area contributed by atoms with Gasteiger partial charge in [-0.05, 0) is 90.6 Å². The van der Waals surface area contributed by atoms with Crippen LogP contribution in [0.1, 0.15) is 71.1 Å². The van der Waals surface area contributed by atoms with Crippen molar-refractivity contribution in [2.24, 2.45) is 0 Å². The Kier molecular flexibility index (Phi) is 8.57. The van der Waals surface area contributed by atoms with Gasteiger partial charge in [0.2, 0.25) is 0 Å². The number of ketones is 4. The first-order valence-corrected chi connectivity index (χ1v) is 16.3. The summed E-state index contributed by atoms with van der Waals surface area (Å²) in [6.45, 7) is 11.0. The van der Waals surface area contributed by atoms with Crippen molar-refractivity contribution in [1.29, 1.82) is 0 Å². The Bertz CT molecular complexity index is 2190. The van der Waals surface area contributed by atoms with Crippen molar-refractivity contribution in [3.63, 3.8) is 0 Å². The van der Waals surface area contributed by atoms with Crippen molar-refractivity contribution in [3.8, 4) is 0 Å². The molecule has 0 unspecified atom stereocenters. The first-order valence-electron chi connectivity index (χ1n) is 15.9. The van der Waals surface area contributed by atoms with Crippen LogP contribution in [0, 0.1) is 6.92 Å². The number of nitrogens with one attached hydrogen (secondary N) is 1. The number of nitrogens with zero attached hydrogens (tertiary/aromatic N) is 3. The maximum absolute atomic E-state index is 13.9. The fourth-order valence-corrected chi connectivity index (χ4v) is 6.97. The third kappa shape index (κ3) is 5.76. The molecular formula is C38H37ClN4O4. The summed E-state index contributed by atoms with van der Waals surface area (Å²) >= 11 is 6.11. The van der Waals surface area contributed by atoms with E-state index in [1.807, 2.05) is 41.8 Å². The molecule has 2 aliphatic rings. The number of rotatable bonds is 9. The maximum atomic E-state index is 13.9. The second-order valence-electron chi connectivity index (χ2n) is 12.6. The molecule has 2 aliphatic carbocycles. The highest BCUT2D eigenvalue weighted by molar-refractivity contribution is 6.31. The summed E-state index contributed by atoms with van der Waals surface area (Å²) in [5.41, 5.74) is 8.29. The molecule has 0 fully saturated rings. The number of carbonyl (C=O) groups excluding carboxylic acids is 4. The average molecular weight is 649 g/mol. The number of aromatic amines is 1. The van der Waals surface area contributed by atoms with E-state index in [1.165, 1.54) is 0 Å². The van der Waals surface area contributed by atoms with E-state index in [2.05, 4.69) is 9.97 Å². The van der Waals surface area contributed by atoms with Gasteiger partial charge < -0.3 is 9.55 Å². The minimum absolute atomic E-state index is 0.0769. The van der Waals surface area contributed by atoms with Crippen LogP contribution in [0.2, 0.25) is 5.02 Å². The van der Waals surface area contributed by atoms with Crippen LogP contribution in [0.4, 0.5) is 0 Å². The number of benzene rings is 2. The average Bonchev–Trinajstić information content (AvgIpc) is 3.61. The number of Topliss-reactive ketones (excluding diaryl/α,β-unsaturated/α-hetero) is 4. The molecule has 6 rings (SSSR count). The summed E-state index contributed by atoms with van der Waals surface area (Å²) in [5.74, 6) is 1.23. The highest BCUT2D eigenvalue weighted by Gasteiger charge is 2.31. The van der Waals surface area contributed by atoms with Crippen molar-refractivity contribution in [2.75, 3.05) is 0 Å². The molecule has 2 aromatic heterocycles. The van der Waals surface area contributed by atoms with Gasteiger partial charge in [0.1, 0.15) is 11.6 Å². The lowest BCUT2D eigenvalue weighted by Gasteiger charge is -2.21. The first-order chi connectivity index (χ1) is 22.4. The lowest BCUT2D eigenvalue weighted by Crippen LogP contribution is -2.23. The summed E-state index contributed by atoms with van der Waals surface area (Å²) in [6, 6.07) is 11.4. The van der Waals surface area contributed by atoms with E-state index >= 15 is 0 Å². The molecule has 8 nitrogen and oxygen atoms in total. The third-order valence-corrected chi connectivity index (χ3v) is 10.0. The number of aromatic nitrogens is 4. The highest BCUT2D eigenvalue weighted by atomic mass is 35.5. The zero-order chi connectivity index (χ0) is 33.7. The van der Waals surface area contributed by atoms with Crippen LogP contribution < -0.4 is 0 Å². The van der Waals surface area contributed by atoms with Gasteiger partial charge in [0.05, 0.1) is 22.1 Å². The van der Waals surface area contributed by atoms with Gasteiger partial charge >= 0.3 is 0 Å². The molecule has 2 aromatic carbocycles. The van der Waals surface area contributed by atoms with Gasteiger partial charge in [0.15, 0.2) is 23.1 Å². The number of aryl methyl sites for hydroxylation is 3. The van der Waals surface area contributed by atoms with Gasteiger partial charge in [0, 0.05) is 69.0 Å². The normalized spacial score (nSPS) is 16.3. The van der Waals surface area contributed by atoms with Crippen LogP contribution >= 0.6 is 11.6 Å². The lowest BCUT2D eigenvalue weighted by atomic mass is 9.81. The van der Waals surface area contributed by atoms with Crippen LogP contribution in [0.15, 0.2) is 81.0 Å². The van der Waals surface area contributed by atoms with E-state index in [0.717, 1.165) is 39.3 Å². The van der Waals surface area contributed by atoms with Crippen LogP contribution in [0.5, 0.6) is 0 Å². The second kappa shape index (κ2) is 12.5. The number of imidazole rings is 2. The number of H-pyrrole nitrogens is 1. The highest BCUT2D eigenvalue weighted by Crippen LogP contribution is 2.33.